The molecule has 2 aromatic carbocycles. The highest BCUT2D eigenvalue weighted by molar-refractivity contribution is 8.15. The Hall–Kier alpha value is -3.33. The molecule has 0 saturated carbocycles. The number of anilines is 1. The molecule has 33 heavy (non-hydrogen) atoms. The standard InChI is InChI=1S/C24H26N4O4S/c1-5-8-20-23(30)28-21(26-20)18-9-6-7-10-19(18)27-24(28)33-14(2)22(29)25-15-11-16(31-3)13-17(12-15)32-4/h6-7,9-14,20H,5,8H2,1-4H3,(H,25,29)/t14-,20-/m0/s1. The summed E-state index contributed by atoms with van der Waals surface area (Å²) in [6.45, 7) is 3.81. The van der Waals surface area contributed by atoms with Gasteiger partial charge in [0.25, 0.3) is 5.91 Å². The van der Waals surface area contributed by atoms with Crippen LogP contribution < -0.4 is 14.8 Å². The Kier molecular flexibility index (Phi) is 6.69. The Balaban J connectivity index is 1.57. The van der Waals surface area contributed by atoms with Gasteiger partial charge in [0.1, 0.15) is 23.4 Å². The summed E-state index contributed by atoms with van der Waals surface area (Å²) in [5.74, 6) is 1.42. The number of methoxy groups -OCH3 is 2. The molecule has 0 aliphatic carbocycles. The Morgan fingerprint density at radius 2 is 1.88 bits per heavy atom. The van der Waals surface area contributed by atoms with E-state index in [4.69, 9.17) is 19.5 Å². The van der Waals surface area contributed by atoms with E-state index in [-0.39, 0.29) is 11.8 Å². The summed E-state index contributed by atoms with van der Waals surface area (Å²) in [6, 6.07) is 12.4. The number of benzene rings is 2. The van der Waals surface area contributed by atoms with Crippen LogP contribution in [0.3, 0.4) is 0 Å². The second kappa shape index (κ2) is 9.66. The van der Waals surface area contributed by atoms with Crippen molar-refractivity contribution < 1.29 is 19.1 Å². The van der Waals surface area contributed by atoms with E-state index in [0.29, 0.717) is 34.6 Å². The van der Waals surface area contributed by atoms with Crippen LogP contribution in [0, 0.1) is 0 Å². The van der Waals surface area contributed by atoms with Crippen LogP contribution in [0.25, 0.3) is 0 Å². The van der Waals surface area contributed by atoms with E-state index < -0.39 is 11.3 Å². The van der Waals surface area contributed by atoms with Crippen molar-refractivity contribution in [3.8, 4) is 11.5 Å². The summed E-state index contributed by atoms with van der Waals surface area (Å²) in [5, 5.41) is 2.83. The van der Waals surface area contributed by atoms with Gasteiger partial charge in [-0.1, -0.05) is 37.2 Å². The largest absolute Gasteiger partial charge is 0.497 e. The molecule has 2 aliphatic rings. The smallest absolute Gasteiger partial charge is 0.259 e. The molecule has 2 aromatic rings. The van der Waals surface area contributed by atoms with Crippen molar-refractivity contribution in [2.24, 2.45) is 9.98 Å². The zero-order chi connectivity index (χ0) is 23.5. The molecule has 2 aliphatic heterocycles. The molecule has 0 fully saturated rings. The predicted molar refractivity (Wildman–Crippen MR) is 131 cm³/mol. The third-order valence-electron chi connectivity index (χ3n) is 5.38. The number of amidine groups is 2. The van der Waals surface area contributed by atoms with Gasteiger partial charge in [0.15, 0.2) is 5.17 Å². The fourth-order valence-electron chi connectivity index (χ4n) is 3.68. The van der Waals surface area contributed by atoms with Gasteiger partial charge in [0.05, 0.1) is 25.2 Å². The first kappa shape index (κ1) is 22.8. The van der Waals surface area contributed by atoms with Crippen molar-refractivity contribution >= 4 is 46.0 Å². The lowest BCUT2D eigenvalue weighted by Gasteiger charge is -2.27. The van der Waals surface area contributed by atoms with E-state index in [1.165, 1.54) is 11.8 Å². The molecule has 172 valence electrons. The highest BCUT2D eigenvalue weighted by atomic mass is 32.2. The number of rotatable bonds is 7. The van der Waals surface area contributed by atoms with Crippen LogP contribution >= 0.6 is 11.8 Å². The molecule has 2 atom stereocenters. The third-order valence-corrected chi connectivity index (χ3v) is 6.43. The number of fused-ring (bicyclic) bond motifs is 3. The molecule has 0 unspecified atom stereocenters. The number of para-hydroxylation sites is 1. The van der Waals surface area contributed by atoms with Crippen molar-refractivity contribution in [3.05, 3.63) is 48.0 Å². The molecule has 9 heteroatoms. The summed E-state index contributed by atoms with van der Waals surface area (Å²) in [7, 11) is 3.10. The number of carbonyl (C=O) groups is 2. The second-order valence-electron chi connectivity index (χ2n) is 7.69. The van der Waals surface area contributed by atoms with Crippen LogP contribution in [0.2, 0.25) is 0 Å². The van der Waals surface area contributed by atoms with E-state index in [1.807, 2.05) is 31.2 Å². The molecule has 0 bridgehead atoms. The maximum absolute atomic E-state index is 13.1. The summed E-state index contributed by atoms with van der Waals surface area (Å²) in [4.78, 5) is 37.1. The van der Waals surface area contributed by atoms with Crippen LogP contribution in [0.4, 0.5) is 11.4 Å². The Labute approximate surface area is 197 Å². The highest BCUT2D eigenvalue weighted by Gasteiger charge is 2.41. The molecular weight excluding hydrogens is 440 g/mol. The lowest BCUT2D eigenvalue weighted by Crippen LogP contribution is -2.42. The second-order valence-corrected chi connectivity index (χ2v) is 9.00. The van der Waals surface area contributed by atoms with E-state index in [2.05, 4.69) is 5.32 Å². The number of amides is 2. The normalized spacial score (nSPS) is 17.5. The maximum atomic E-state index is 13.1. The number of hydrogen-bond acceptors (Lipinski definition) is 7. The molecule has 0 aromatic heterocycles. The van der Waals surface area contributed by atoms with Crippen LogP contribution in [-0.4, -0.2) is 53.2 Å². The minimum atomic E-state index is -0.523. The minimum Gasteiger partial charge on any atom is -0.497 e. The Morgan fingerprint density at radius 1 is 1.18 bits per heavy atom. The van der Waals surface area contributed by atoms with Gasteiger partial charge in [-0.3, -0.25) is 14.6 Å². The molecule has 2 heterocycles. The maximum Gasteiger partial charge on any atom is 0.259 e. The van der Waals surface area contributed by atoms with Gasteiger partial charge in [0.2, 0.25) is 5.91 Å². The molecule has 8 nitrogen and oxygen atoms in total. The van der Waals surface area contributed by atoms with E-state index in [9.17, 15) is 9.59 Å². The van der Waals surface area contributed by atoms with E-state index >= 15 is 0 Å². The molecule has 0 saturated heterocycles. The first-order valence-corrected chi connectivity index (χ1v) is 11.6. The van der Waals surface area contributed by atoms with Crippen LogP contribution in [0.5, 0.6) is 11.5 Å². The number of hydrogen-bond donors (Lipinski definition) is 1. The van der Waals surface area contributed by atoms with Crippen molar-refractivity contribution in [1.82, 2.24) is 4.90 Å². The fraction of sp³-hybridized carbons (Fsp3) is 0.333. The number of thioether (sulfide) groups is 1. The Morgan fingerprint density at radius 3 is 2.55 bits per heavy atom. The fourth-order valence-corrected chi connectivity index (χ4v) is 4.59. The van der Waals surface area contributed by atoms with Crippen molar-refractivity contribution in [2.75, 3.05) is 19.5 Å². The summed E-state index contributed by atoms with van der Waals surface area (Å²) in [5.41, 5.74) is 2.13. The quantitative estimate of drug-likeness (QED) is 0.660. The number of carbonyl (C=O) groups excluding carboxylic acids is 2. The molecule has 2 amide bonds. The topological polar surface area (TPSA) is 92.6 Å². The molecule has 0 spiro atoms. The van der Waals surface area contributed by atoms with Gasteiger partial charge in [-0.2, -0.15) is 0 Å². The van der Waals surface area contributed by atoms with Gasteiger partial charge >= 0.3 is 0 Å². The monoisotopic (exact) mass is 466 g/mol. The predicted octanol–water partition coefficient (Wildman–Crippen LogP) is 4.22. The first-order chi connectivity index (χ1) is 15.9. The van der Waals surface area contributed by atoms with Crippen molar-refractivity contribution in [2.45, 2.75) is 38.0 Å². The summed E-state index contributed by atoms with van der Waals surface area (Å²) < 4.78 is 10.5. The molecule has 0 radical (unpaired) electrons. The number of aliphatic imine (C=N–C) groups is 2. The van der Waals surface area contributed by atoms with Crippen molar-refractivity contribution in [3.63, 3.8) is 0 Å². The summed E-state index contributed by atoms with van der Waals surface area (Å²) >= 11 is 1.23. The zero-order valence-electron chi connectivity index (χ0n) is 19.0. The van der Waals surface area contributed by atoms with Gasteiger partial charge in [0, 0.05) is 29.4 Å². The van der Waals surface area contributed by atoms with Crippen LogP contribution in [0.1, 0.15) is 32.3 Å². The van der Waals surface area contributed by atoms with Gasteiger partial charge in [-0.25, -0.2) is 9.89 Å². The SMILES string of the molecule is CCC[C@@H]1N=C2c3ccccc3N=C(S[C@@H](C)C(=O)Nc3cc(OC)cc(OC)c3)N2C1=O. The molecule has 1 N–H and O–H groups in total. The van der Waals surface area contributed by atoms with Crippen LogP contribution in [-0.2, 0) is 9.59 Å². The molecule has 4 rings (SSSR count). The van der Waals surface area contributed by atoms with Crippen LogP contribution in [0.15, 0.2) is 52.4 Å². The lowest BCUT2D eigenvalue weighted by atomic mass is 10.1. The van der Waals surface area contributed by atoms with Gasteiger partial charge in [-0.05, 0) is 25.5 Å². The lowest BCUT2D eigenvalue weighted by molar-refractivity contribution is -0.124. The molecular formula is C24H26N4O4S. The average Bonchev–Trinajstić information content (AvgIpc) is 3.15. The van der Waals surface area contributed by atoms with Crippen molar-refractivity contribution in [1.29, 1.82) is 0 Å². The number of ether oxygens (including phenoxy) is 2. The van der Waals surface area contributed by atoms with Gasteiger partial charge in [-0.15, -0.1) is 0 Å². The Bertz CT molecular complexity index is 1120. The average molecular weight is 467 g/mol. The van der Waals surface area contributed by atoms with E-state index in [0.717, 1.165) is 17.7 Å². The highest BCUT2D eigenvalue weighted by Crippen LogP contribution is 2.35. The summed E-state index contributed by atoms with van der Waals surface area (Å²) in [6.07, 6.45) is 1.53. The number of nitrogens with one attached hydrogen (secondary N) is 1. The zero-order valence-corrected chi connectivity index (χ0v) is 19.8. The first-order valence-electron chi connectivity index (χ1n) is 10.8. The third kappa shape index (κ3) is 4.59. The minimum absolute atomic E-state index is 0.0993. The number of nitrogens with zero attached hydrogens (tertiary/aromatic N) is 3. The van der Waals surface area contributed by atoms with E-state index in [1.54, 1.807) is 44.2 Å². The van der Waals surface area contributed by atoms with Gasteiger partial charge < -0.3 is 14.8 Å².